The van der Waals surface area contributed by atoms with E-state index in [0.29, 0.717) is 0 Å². The summed E-state index contributed by atoms with van der Waals surface area (Å²) >= 11 is 0. The van der Waals surface area contributed by atoms with Crippen LogP contribution in [0.15, 0.2) is 42.7 Å². The molecular weight excluding hydrogens is 374 g/mol. The third-order valence-corrected chi connectivity index (χ3v) is 5.85. The van der Waals surface area contributed by atoms with Crippen LogP contribution < -0.4 is 4.57 Å². The number of hydrogen-bond donors (Lipinski definition) is 2. The molecule has 0 bridgehead atoms. The van der Waals surface area contributed by atoms with E-state index in [0.717, 1.165) is 33.1 Å². The quantitative estimate of drug-likeness (QED) is 0.468. The van der Waals surface area contributed by atoms with E-state index < -0.39 is 5.97 Å². The zero-order chi connectivity index (χ0) is 21.8. The summed E-state index contributed by atoms with van der Waals surface area (Å²) in [5.41, 5.74) is 5.21. The molecule has 0 amide bonds. The second-order valence-electron chi connectivity index (χ2n) is 7.73. The lowest BCUT2D eigenvalue weighted by molar-refractivity contribution is -0.695. The summed E-state index contributed by atoms with van der Waals surface area (Å²) in [4.78, 5) is 15.1. The Labute approximate surface area is 177 Å². The monoisotopic (exact) mass is 406 g/mol. The summed E-state index contributed by atoms with van der Waals surface area (Å²) < 4.78 is 2.34. The number of carboxylic acid groups (broad SMARTS) is 1. The fourth-order valence-corrected chi connectivity index (χ4v) is 4.18. The number of aromatic amines is 1. The number of carbonyl (C=O) groups is 1. The van der Waals surface area contributed by atoms with Crippen molar-refractivity contribution in [1.29, 1.82) is 0 Å². The van der Waals surface area contributed by atoms with E-state index in [2.05, 4.69) is 84.9 Å². The van der Waals surface area contributed by atoms with E-state index in [9.17, 15) is 0 Å². The predicted octanol–water partition coefficient (Wildman–Crippen LogP) is 4.81. The van der Waals surface area contributed by atoms with E-state index in [1.165, 1.54) is 43.7 Å². The third kappa shape index (κ3) is 4.31. The van der Waals surface area contributed by atoms with Crippen LogP contribution in [-0.2, 0) is 11.3 Å². The zero-order valence-electron chi connectivity index (χ0n) is 18.6. The van der Waals surface area contributed by atoms with Gasteiger partial charge in [-0.1, -0.05) is 32.0 Å². The smallest absolute Gasteiger partial charge is 0.300 e. The molecule has 2 heterocycles. The summed E-state index contributed by atoms with van der Waals surface area (Å²) in [5, 5.41) is 12.8. The molecule has 0 unspecified atom stereocenters. The molecule has 0 radical (unpaired) electrons. The highest BCUT2D eigenvalue weighted by molar-refractivity contribution is 6.16. The lowest BCUT2D eigenvalue weighted by Gasteiger charge is -2.15. The molecular formula is C25H32N3O2+. The second-order valence-corrected chi connectivity index (χ2v) is 7.73. The van der Waals surface area contributed by atoms with Crippen molar-refractivity contribution in [3.63, 3.8) is 0 Å². The number of benzene rings is 2. The number of nitrogens with one attached hydrogen (secondary N) is 1. The minimum Gasteiger partial charge on any atom is -0.481 e. The van der Waals surface area contributed by atoms with Gasteiger partial charge in [0.2, 0.25) is 0 Å². The Morgan fingerprint density at radius 3 is 2.37 bits per heavy atom. The van der Waals surface area contributed by atoms with Gasteiger partial charge in [-0.15, -0.1) is 0 Å². The van der Waals surface area contributed by atoms with Gasteiger partial charge in [-0.2, -0.15) is 0 Å². The molecule has 158 valence electrons. The Bertz CT molecular complexity index is 1190. The van der Waals surface area contributed by atoms with Crippen molar-refractivity contribution in [2.75, 3.05) is 19.6 Å². The van der Waals surface area contributed by atoms with E-state index >= 15 is 0 Å². The molecule has 5 heteroatoms. The maximum Gasteiger partial charge on any atom is 0.300 e. The Kier molecular flexibility index (Phi) is 6.73. The van der Waals surface area contributed by atoms with Crippen LogP contribution in [0.5, 0.6) is 0 Å². The molecule has 2 N–H and O–H groups in total. The number of hydrogen-bond acceptors (Lipinski definition) is 2. The number of aryl methyl sites for hydroxylation is 2. The predicted molar refractivity (Wildman–Crippen MR) is 124 cm³/mol. The summed E-state index contributed by atoms with van der Waals surface area (Å²) in [7, 11) is 0. The summed E-state index contributed by atoms with van der Waals surface area (Å²) in [6, 6.07) is 10.9. The average Bonchev–Trinajstić information content (AvgIpc) is 3.12. The van der Waals surface area contributed by atoms with Gasteiger partial charge in [0.1, 0.15) is 0 Å². The molecule has 0 aliphatic heterocycles. The first-order valence-electron chi connectivity index (χ1n) is 10.6. The highest BCUT2D eigenvalue weighted by atomic mass is 16.4. The summed E-state index contributed by atoms with van der Waals surface area (Å²) in [5.74, 6) is -0.833. The molecule has 4 rings (SSSR count). The number of carboxylic acids is 1. The number of pyridine rings is 1. The van der Waals surface area contributed by atoms with E-state index in [1.807, 2.05) is 0 Å². The second kappa shape index (κ2) is 9.26. The molecule has 0 aliphatic carbocycles. The van der Waals surface area contributed by atoms with Gasteiger partial charge in [0.25, 0.3) is 5.97 Å². The van der Waals surface area contributed by atoms with Crippen molar-refractivity contribution in [2.24, 2.45) is 0 Å². The standard InChI is InChI=1S/C23H27N3.C2H4O2/c1-5-25(6-2)13-14-26-12-11-18-17(4)23-22(16(3)20(18)15-26)19-9-7-8-10-21(19)24-23;1-2(3)4/h7-12,15H,5-6,13-14H2,1-4H3;1H3,(H,3,4)/p+1. The molecule has 0 saturated heterocycles. The van der Waals surface area contributed by atoms with Gasteiger partial charge in [0.05, 0.1) is 12.1 Å². The number of nitrogens with zero attached hydrogens (tertiary/aromatic N) is 2. The van der Waals surface area contributed by atoms with Crippen LogP contribution in [0, 0.1) is 13.8 Å². The van der Waals surface area contributed by atoms with Crippen molar-refractivity contribution in [3.05, 3.63) is 53.9 Å². The molecule has 2 aromatic heterocycles. The zero-order valence-corrected chi connectivity index (χ0v) is 18.6. The van der Waals surface area contributed by atoms with E-state index in [4.69, 9.17) is 9.90 Å². The minimum absolute atomic E-state index is 0.833. The van der Waals surface area contributed by atoms with E-state index in [1.54, 1.807) is 0 Å². The van der Waals surface area contributed by atoms with Crippen molar-refractivity contribution in [1.82, 2.24) is 9.88 Å². The summed E-state index contributed by atoms with van der Waals surface area (Å²) in [6.45, 7) is 14.4. The van der Waals surface area contributed by atoms with Crippen LogP contribution >= 0.6 is 0 Å². The van der Waals surface area contributed by atoms with Crippen molar-refractivity contribution in [2.45, 2.75) is 41.2 Å². The largest absolute Gasteiger partial charge is 0.481 e. The number of aliphatic carboxylic acids is 1. The molecule has 0 atom stereocenters. The number of likely N-dealkylation sites (N-methyl/N-ethyl adjacent to an activating group) is 1. The maximum absolute atomic E-state index is 9.00. The maximum atomic E-state index is 9.00. The summed E-state index contributed by atoms with van der Waals surface area (Å²) in [6.07, 6.45) is 4.56. The third-order valence-electron chi connectivity index (χ3n) is 5.85. The van der Waals surface area contributed by atoms with Gasteiger partial charge < -0.3 is 10.1 Å². The van der Waals surface area contributed by atoms with Crippen LogP contribution in [0.4, 0.5) is 0 Å². The number of H-pyrrole nitrogens is 1. The lowest BCUT2D eigenvalue weighted by atomic mass is 9.97. The fraction of sp³-hybridized carbons (Fsp3) is 0.360. The van der Waals surface area contributed by atoms with Crippen LogP contribution in [0.1, 0.15) is 31.9 Å². The van der Waals surface area contributed by atoms with Crippen molar-refractivity contribution >= 4 is 38.5 Å². The highest BCUT2D eigenvalue weighted by Gasteiger charge is 2.16. The molecule has 0 fully saturated rings. The van der Waals surface area contributed by atoms with Crippen LogP contribution in [0.3, 0.4) is 0 Å². The average molecular weight is 407 g/mol. The fourth-order valence-electron chi connectivity index (χ4n) is 4.18. The minimum atomic E-state index is -0.833. The first-order chi connectivity index (χ1) is 14.4. The first-order valence-corrected chi connectivity index (χ1v) is 10.6. The number of aromatic nitrogens is 2. The van der Waals surface area contributed by atoms with Crippen LogP contribution in [-0.4, -0.2) is 40.6 Å². The number of rotatable bonds is 5. The highest BCUT2D eigenvalue weighted by Crippen LogP contribution is 2.35. The first kappa shape index (κ1) is 21.8. The molecule has 0 spiro atoms. The molecule has 0 saturated carbocycles. The lowest BCUT2D eigenvalue weighted by Crippen LogP contribution is -2.40. The van der Waals surface area contributed by atoms with E-state index in [-0.39, 0.29) is 0 Å². The van der Waals surface area contributed by atoms with Gasteiger partial charge in [0.15, 0.2) is 18.9 Å². The SMILES string of the molecule is CC(=O)O.CCN(CC)CC[n+]1ccc2c(C)c3[nH]c4ccccc4c3c(C)c2c1. The van der Waals surface area contributed by atoms with Crippen LogP contribution in [0.2, 0.25) is 0 Å². The van der Waals surface area contributed by atoms with Crippen molar-refractivity contribution < 1.29 is 14.5 Å². The topological polar surface area (TPSA) is 60.2 Å². The Hall–Kier alpha value is -2.92. The molecule has 30 heavy (non-hydrogen) atoms. The Balaban J connectivity index is 0.000000589. The van der Waals surface area contributed by atoms with Gasteiger partial charge >= 0.3 is 0 Å². The number of para-hydroxylation sites is 1. The number of fused-ring (bicyclic) bond motifs is 4. The normalized spacial score (nSPS) is 11.3. The van der Waals surface area contributed by atoms with Gasteiger partial charge in [-0.05, 0) is 49.5 Å². The Morgan fingerprint density at radius 2 is 1.70 bits per heavy atom. The van der Waals surface area contributed by atoms with Gasteiger partial charge in [-0.25, -0.2) is 4.57 Å². The molecule has 2 aromatic carbocycles. The van der Waals surface area contributed by atoms with Gasteiger partial charge in [-0.3, -0.25) is 9.69 Å². The van der Waals surface area contributed by atoms with Crippen molar-refractivity contribution in [3.8, 4) is 0 Å². The molecule has 5 nitrogen and oxygen atoms in total. The van der Waals surface area contributed by atoms with Gasteiger partial charge in [0, 0.05) is 34.7 Å². The van der Waals surface area contributed by atoms with Crippen LogP contribution in [0.25, 0.3) is 32.6 Å². The molecule has 0 aliphatic rings. The molecule has 4 aromatic rings. The Morgan fingerprint density at radius 1 is 1.03 bits per heavy atom.